The van der Waals surface area contributed by atoms with Crippen LogP contribution < -0.4 is 5.32 Å². The molecule has 2 unspecified atom stereocenters. The first-order chi connectivity index (χ1) is 8.92. The SMILES string of the molecule is O=C(O)CNC(O)P(=O)(O)OOCc1ccccc1. The van der Waals surface area contributed by atoms with Crippen LogP contribution in [0.5, 0.6) is 0 Å². The summed E-state index contributed by atoms with van der Waals surface area (Å²) in [5.74, 6) is -3.33. The molecule has 0 aliphatic heterocycles. The van der Waals surface area contributed by atoms with Crippen molar-refractivity contribution in [1.82, 2.24) is 5.32 Å². The van der Waals surface area contributed by atoms with Gasteiger partial charge in [0.05, 0.1) is 6.54 Å². The zero-order chi connectivity index (χ0) is 14.3. The third-order valence-corrected chi connectivity index (χ3v) is 3.09. The van der Waals surface area contributed by atoms with E-state index in [0.717, 1.165) is 0 Å². The minimum atomic E-state index is -4.52. The molecule has 0 amide bonds. The van der Waals surface area contributed by atoms with Crippen LogP contribution in [0.1, 0.15) is 5.56 Å². The van der Waals surface area contributed by atoms with Crippen LogP contribution in [0.15, 0.2) is 30.3 Å². The van der Waals surface area contributed by atoms with Crippen LogP contribution in [-0.4, -0.2) is 33.6 Å². The summed E-state index contributed by atoms with van der Waals surface area (Å²) in [7, 11) is -4.52. The third kappa shape index (κ3) is 5.93. The lowest BCUT2D eigenvalue weighted by molar-refractivity contribution is -0.227. The molecule has 9 heteroatoms. The van der Waals surface area contributed by atoms with Crippen molar-refractivity contribution in [2.24, 2.45) is 0 Å². The predicted octanol–water partition coefficient (Wildman–Crippen LogP) is 0.270. The summed E-state index contributed by atoms with van der Waals surface area (Å²) in [5, 5.41) is 19.5. The van der Waals surface area contributed by atoms with Gasteiger partial charge < -0.3 is 15.1 Å². The van der Waals surface area contributed by atoms with Gasteiger partial charge in [0.1, 0.15) is 6.61 Å². The van der Waals surface area contributed by atoms with Gasteiger partial charge in [-0.1, -0.05) is 30.3 Å². The molecule has 106 valence electrons. The number of carboxylic acids is 1. The topological polar surface area (TPSA) is 125 Å². The molecule has 4 N–H and O–H groups in total. The second-order valence-electron chi connectivity index (χ2n) is 3.53. The van der Waals surface area contributed by atoms with E-state index in [0.29, 0.717) is 5.56 Å². The van der Waals surface area contributed by atoms with Crippen molar-refractivity contribution in [2.75, 3.05) is 6.54 Å². The van der Waals surface area contributed by atoms with E-state index in [4.69, 9.17) is 5.11 Å². The van der Waals surface area contributed by atoms with E-state index in [2.05, 4.69) is 9.56 Å². The van der Waals surface area contributed by atoms with Crippen molar-refractivity contribution < 1.29 is 34.0 Å². The van der Waals surface area contributed by atoms with Crippen LogP contribution in [0.4, 0.5) is 0 Å². The number of nitrogens with one attached hydrogen (secondary N) is 1. The molecule has 0 saturated heterocycles. The number of aliphatic hydroxyl groups is 1. The first-order valence-electron chi connectivity index (χ1n) is 5.22. The quantitative estimate of drug-likeness (QED) is 0.233. The van der Waals surface area contributed by atoms with Crippen molar-refractivity contribution in [2.45, 2.75) is 12.6 Å². The minimum absolute atomic E-state index is 0.0863. The Morgan fingerprint density at radius 2 is 2.00 bits per heavy atom. The van der Waals surface area contributed by atoms with Crippen molar-refractivity contribution in [3.05, 3.63) is 35.9 Å². The number of rotatable bonds is 8. The number of carboxylic acid groups (broad SMARTS) is 1. The highest BCUT2D eigenvalue weighted by molar-refractivity contribution is 7.53. The van der Waals surface area contributed by atoms with Crippen molar-refractivity contribution >= 4 is 13.6 Å². The van der Waals surface area contributed by atoms with E-state index in [1.165, 1.54) is 0 Å². The van der Waals surface area contributed by atoms with Gasteiger partial charge in [-0.2, -0.15) is 0 Å². The minimum Gasteiger partial charge on any atom is -0.480 e. The molecule has 0 spiro atoms. The summed E-state index contributed by atoms with van der Waals surface area (Å²) < 4.78 is 15.7. The first-order valence-corrected chi connectivity index (χ1v) is 6.87. The molecule has 0 aliphatic carbocycles. The summed E-state index contributed by atoms with van der Waals surface area (Å²) in [6.45, 7) is -0.773. The predicted molar refractivity (Wildman–Crippen MR) is 63.8 cm³/mol. The lowest BCUT2D eigenvalue weighted by Gasteiger charge is -2.16. The molecular formula is C10H14NO7P. The van der Waals surface area contributed by atoms with E-state index >= 15 is 0 Å². The van der Waals surface area contributed by atoms with E-state index in [-0.39, 0.29) is 6.61 Å². The number of carbonyl (C=O) groups is 1. The molecule has 1 aromatic rings. The van der Waals surface area contributed by atoms with Crippen LogP contribution in [0.3, 0.4) is 0 Å². The van der Waals surface area contributed by atoms with E-state index in [1.54, 1.807) is 30.3 Å². The van der Waals surface area contributed by atoms with Crippen LogP contribution in [0.2, 0.25) is 0 Å². The summed E-state index contributed by atoms with van der Waals surface area (Å²) in [6, 6.07) is 8.72. The molecule has 0 heterocycles. The fourth-order valence-electron chi connectivity index (χ4n) is 1.08. The van der Waals surface area contributed by atoms with Crippen molar-refractivity contribution in [3.8, 4) is 0 Å². The van der Waals surface area contributed by atoms with Crippen LogP contribution in [-0.2, 0) is 25.5 Å². The summed E-state index contributed by atoms with van der Waals surface area (Å²) in [4.78, 5) is 24.0. The molecule has 0 aliphatic rings. The molecule has 0 radical (unpaired) electrons. The Morgan fingerprint density at radius 1 is 1.37 bits per heavy atom. The Kier molecular flexibility index (Phi) is 6.10. The summed E-state index contributed by atoms with van der Waals surface area (Å²) >= 11 is 0. The highest BCUT2D eigenvalue weighted by Crippen LogP contribution is 2.45. The average molecular weight is 291 g/mol. The van der Waals surface area contributed by atoms with Gasteiger partial charge in [-0.25, -0.2) is 4.89 Å². The third-order valence-electron chi connectivity index (χ3n) is 1.97. The monoisotopic (exact) mass is 291 g/mol. The largest absolute Gasteiger partial charge is 0.480 e. The Balaban J connectivity index is 2.37. The molecule has 1 aromatic carbocycles. The van der Waals surface area contributed by atoms with Crippen LogP contribution in [0, 0.1) is 0 Å². The van der Waals surface area contributed by atoms with Crippen molar-refractivity contribution in [3.63, 3.8) is 0 Å². The lowest BCUT2D eigenvalue weighted by atomic mass is 10.2. The zero-order valence-corrected chi connectivity index (χ0v) is 10.7. The molecule has 2 atom stereocenters. The van der Waals surface area contributed by atoms with Gasteiger partial charge in [0.15, 0.2) is 0 Å². The zero-order valence-electron chi connectivity index (χ0n) is 9.80. The highest BCUT2D eigenvalue weighted by atomic mass is 31.2. The molecule has 0 bridgehead atoms. The van der Waals surface area contributed by atoms with Gasteiger partial charge in [-0.3, -0.25) is 14.7 Å². The smallest absolute Gasteiger partial charge is 0.397 e. The maximum absolute atomic E-state index is 11.4. The molecular weight excluding hydrogens is 277 g/mol. The van der Waals surface area contributed by atoms with Gasteiger partial charge in [0, 0.05) is 0 Å². The van der Waals surface area contributed by atoms with Gasteiger partial charge >= 0.3 is 13.6 Å². The molecule has 8 nitrogen and oxygen atoms in total. The van der Waals surface area contributed by atoms with Gasteiger partial charge in [0.25, 0.3) is 0 Å². The number of aliphatic carboxylic acids is 1. The average Bonchev–Trinajstić information content (AvgIpc) is 2.36. The summed E-state index contributed by atoms with van der Waals surface area (Å²) in [5.41, 5.74) is 0.704. The number of hydrogen-bond acceptors (Lipinski definition) is 6. The first kappa shape index (κ1) is 15.8. The Hall–Kier alpha value is -1.28. The maximum atomic E-state index is 11.4. The molecule has 1 rings (SSSR count). The standard InChI is InChI=1S/C10H14NO7P/c12-9(13)6-11-10(14)19(15,16)18-17-7-8-4-2-1-3-5-8/h1-5,10-11,14H,6-7H2,(H,12,13)(H,15,16). The fraction of sp³-hybridized carbons (Fsp3) is 0.300. The van der Waals surface area contributed by atoms with E-state index in [1.807, 2.05) is 5.32 Å². The maximum Gasteiger partial charge on any atom is 0.397 e. The van der Waals surface area contributed by atoms with Crippen LogP contribution in [0.25, 0.3) is 0 Å². The number of hydrogen-bond donors (Lipinski definition) is 4. The van der Waals surface area contributed by atoms with Crippen molar-refractivity contribution in [1.29, 1.82) is 0 Å². The Bertz CT molecular complexity index is 452. The molecule has 0 saturated carbocycles. The second kappa shape index (κ2) is 7.34. The molecule has 0 aromatic heterocycles. The van der Waals surface area contributed by atoms with E-state index < -0.39 is 26.1 Å². The number of aliphatic hydroxyl groups excluding tert-OH is 1. The molecule has 0 fully saturated rings. The normalized spacial score (nSPS) is 15.7. The highest BCUT2D eigenvalue weighted by Gasteiger charge is 2.32. The van der Waals surface area contributed by atoms with Gasteiger partial charge in [-0.15, -0.1) is 4.67 Å². The summed E-state index contributed by atoms with van der Waals surface area (Å²) in [6.07, 6.45) is 0. The van der Waals surface area contributed by atoms with E-state index in [9.17, 15) is 19.4 Å². The molecule has 19 heavy (non-hydrogen) atoms. The number of benzene rings is 1. The van der Waals surface area contributed by atoms with Crippen LogP contribution >= 0.6 is 7.60 Å². The van der Waals surface area contributed by atoms with Gasteiger partial charge in [-0.05, 0) is 5.56 Å². The second-order valence-corrected chi connectivity index (χ2v) is 5.30. The Morgan fingerprint density at radius 3 is 2.58 bits per heavy atom. The van der Waals surface area contributed by atoms with Gasteiger partial charge in [0.2, 0.25) is 5.97 Å². The Labute approximate surface area is 109 Å². The lowest BCUT2D eigenvalue weighted by Crippen LogP contribution is -2.33. The fourth-order valence-corrected chi connectivity index (χ4v) is 1.69.